The normalized spacial score (nSPS) is 10.3. The largest absolute Gasteiger partial charge is 0.488 e. The van der Waals surface area contributed by atoms with Gasteiger partial charge in [0.05, 0.1) is 0 Å². The fraction of sp³-hybridized carbons (Fsp3) is 0.222. The van der Waals surface area contributed by atoms with Gasteiger partial charge in [0.2, 0.25) is 0 Å². The zero-order valence-corrected chi connectivity index (χ0v) is 12.6. The predicted octanol–water partition coefficient (Wildman–Crippen LogP) is 3.54. The third kappa shape index (κ3) is 3.95. The summed E-state index contributed by atoms with van der Waals surface area (Å²) in [5.74, 6) is -0.784. The van der Waals surface area contributed by atoms with Crippen molar-refractivity contribution in [2.24, 2.45) is 0 Å². The van der Waals surface area contributed by atoms with Crippen molar-refractivity contribution in [2.75, 3.05) is 0 Å². The average Bonchev–Trinajstić information content (AvgIpc) is 2.46. The van der Waals surface area contributed by atoms with E-state index in [1.165, 1.54) is 0 Å². The highest BCUT2D eigenvalue weighted by Crippen LogP contribution is 2.26. The van der Waals surface area contributed by atoms with Crippen molar-refractivity contribution >= 4 is 11.8 Å². The van der Waals surface area contributed by atoms with E-state index in [0.29, 0.717) is 12.2 Å². The Kier molecular flexibility index (Phi) is 4.94. The molecule has 1 N–H and O–H groups in total. The Morgan fingerprint density at radius 2 is 1.64 bits per heavy atom. The number of carboxylic acids is 1. The van der Waals surface area contributed by atoms with Crippen molar-refractivity contribution in [1.82, 2.24) is 0 Å². The topological polar surface area (TPSA) is 63.6 Å². The number of hydrogen-bond acceptors (Lipinski definition) is 3. The van der Waals surface area contributed by atoms with Crippen molar-refractivity contribution in [2.45, 2.75) is 26.9 Å². The Morgan fingerprint density at radius 3 is 2.18 bits per heavy atom. The second kappa shape index (κ2) is 6.89. The number of rotatable bonds is 6. The molecule has 0 atom stereocenters. The number of ether oxygens (including phenoxy) is 1. The van der Waals surface area contributed by atoms with E-state index >= 15 is 0 Å². The van der Waals surface area contributed by atoms with E-state index < -0.39 is 18.2 Å². The van der Waals surface area contributed by atoms with E-state index in [1.807, 2.05) is 44.2 Å². The van der Waals surface area contributed by atoms with Crippen LogP contribution in [-0.4, -0.2) is 16.9 Å². The maximum atomic E-state index is 11.8. The van der Waals surface area contributed by atoms with Crippen LogP contribution in [0.3, 0.4) is 0 Å². The molecule has 4 nitrogen and oxygen atoms in total. The molecule has 0 aliphatic rings. The molecular formula is C18H18O4. The minimum Gasteiger partial charge on any atom is -0.488 e. The number of benzene rings is 2. The Balaban J connectivity index is 2.16. The maximum Gasteiger partial charge on any atom is 0.311 e. The van der Waals surface area contributed by atoms with Gasteiger partial charge in [-0.3, -0.25) is 9.59 Å². The van der Waals surface area contributed by atoms with E-state index in [4.69, 9.17) is 9.84 Å². The molecule has 0 radical (unpaired) electrons. The molecule has 0 heterocycles. The van der Waals surface area contributed by atoms with Gasteiger partial charge in [-0.2, -0.15) is 0 Å². The van der Waals surface area contributed by atoms with Crippen molar-refractivity contribution in [3.63, 3.8) is 0 Å². The molecule has 0 saturated carbocycles. The van der Waals surface area contributed by atoms with Crippen LogP contribution in [0.25, 0.3) is 0 Å². The number of carboxylic acid groups (broad SMARTS) is 1. The van der Waals surface area contributed by atoms with E-state index in [9.17, 15) is 9.59 Å². The molecule has 22 heavy (non-hydrogen) atoms. The highest BCUT2D eigenvalue weighted by Gasteiger charge is 2.14. The van der Waals surface area contributed by atoms with Crippen LogP contribution in [0.1, 0.15) is 33.5 Å². The van der Waals surface area contributed by atoms with Gasteiger partial charge in [-0.05, 0) is 42.7 Å². The quantitative estimate of drug-likeness (QED) is 0.654. The van der Waals surface area contributed by atoms with Gasteiger partial charge in [-0.15, -0.1) is 0 Å². The van der Waals surface area contributed by atoms with Crippen molar-refractivity contribution in [3.8, 4) is 5.75 Å². The molecule has 114 valence electrons. The first-order valence-electron chi connectivity index (χ1n) is 7.00. The first-order chi connectivity index (χ1) is 10.5. The van der Waals surface area contributed by atoms with Gasteiger partial charge in [0.1, 0.15) is 18.8 Å². The number of aryl methyl sites for hydroxylation is 2. The second-order valence-electron chi connectivity index (χ2n) is 5.21. The SMILES string of the molecule is Cc1cc(C(=O)CC(=O)O)cc(C)c1OCc1ccccc1. The van der Waals surface area contributed by atoms with Crippen LogP contribution < -0.4 is 4.74 Å². The Bertz CT molecular complexity index is 666. The second-order valence-corrected chi connectivity index (χ2v) is 5.21. The number of aliphatic carboxylic acids is 1. The molecule has 0 bridgehead atoms. The van der Waals surface area contributed by atoms with Crippen LogP contribution in [0, 0.1) is 13.8 Å². The van der Waals surface area contributed by atoms with Crippen LogP contribution in [0.5, 0.6) is 5.75 Å². The highest BCUT2D eigenvalue weighted by atomic mass is 16.5. The zero-order chi connectivity index (χ0) is 16.1. The van der Waals surface area contributed by atoms with Crippen LogP contribution in [-0.2, 0) is 11.4 Å². The molecule has 0 spiro atoms. The summed E-state index contributed by atoms with van der Waals surface area (Å²) in [4.78, 5) is 22.5. The lowest BCUT2D eigenvalue weighted by Gasteiger charge is -2.13. The third-order valence-corrected chi connectivity index (χ3v) is 3.32. The van der Waals surface area contributed by atoms with Gasteiger partial charge in [0.15, 0.2) is 5.78 Å². The number of carbonyl (C=O) groups is 2. The molecule has 2 aromatic carbocycles. The first kappa shape index (κ1) is 15.8. The summed E-state index contributed by atoms with van der Waals surface area (Å²) in [5, 5.41) is 8.70. The minimum absolute atomic E-state index is 0.395. The summed E-state index contributed by atoms with van der Waals surface area (Å²) in [5.41, 5.74) is 3.12. The zero-order valence-electron chi connectivity index (χ0n) is 12.6. The lowest BCUT2D eigenvalue weighted by atomic mass is 10.0. The fourth-order valence-corrected chi connectivity index (χ4v) is 2.31. The van der Waals surface area contributed by atoms with Crippen molar-refractivity contribution < 1.29 is 19.4 Å². The number of carbonyl (C=O) groups excluding carboxylic acids is 1. The standard InChI is InChI=1S/C18H18O4/c1-12-8-15(16(19)10-17(20)21)9-13(2)18(12)22-11-14-6-4-3-5-7-14/h3-9H,10-11H2,1-2H3,(H,20,21). The lowest BCUT2D eigenvalue weighted by Crippen LogP contribution is -2.08. The molecule has 0 amide bonds. The van der Waals surface area contributed by atoms with E-state index in [2.05, 4.69) is 0 Å². The molecular weight excluding hydrogens is 280 g/mol. The number of hydrogen-bond donors (Lipinski definition) is 1. The lowest BCUT2D eigenvalue weighted by molar-refractivity contribution is -0.135. The van der Waals surface area contributed by atoms with Gasteiger partial charge < -0.3 is 9.84 Å². The van der Waals surface area contributed by atoms with Gasteiger partial charge in [-0.1, -0.05) is 30.3 Å². The molecule has 0 aliphatic carbocycles. The third-order valence-electron chi connectivity index (χ3n) is 3.32. The fourth-order valence-electron chi connectivity index (χ4n) is 2.31. The maximum absolute atomic E-state index is 11.8. The van der Waals surface area contributed by atoms with Crippen molar-refractivity contribution in [1.29, 1.82) is 0 Å². The number of Topliss-reactive ketones (excluding diaryl/α,β-unsaturated/α-hetero) is 1. The molecule has 0 fully saturated rings. The first-order valence-corrected chi connectivity index (χ1v) is 7.00. The molecule has 0 aliphatic heterocycles. The summed E-state index contributed by atoms with van der Waals surface area (Å²) < 4.78 is 5.84. The molecule has 2 aromatic rings. The number of ketones is 1. The van der Waals surface area contributed by atoms with E-state index in [-0.39, 0.29) is 0 Å². The summed E-state index contributed by atoms with van der Waals surface area (Å²) in [6.07, 6.45) is -0.497. The summed E-state index contributed by atoms with van der Waals surface area (Å²) in [6.45, 7) is 4.15. The molecule has 0 aromatic heterocycles. The summed E-state index contributed by atoms with van der Waals surface area (Å²) in [6, 6.07) is 13.2. The molecule has 2 rings (SSSR count). The summed E-state index contributed by atoms with van der Waals surface area (Å²) >= 11 is 0. The minimum atomic E-state index is -1.12. The van der Waals surface area contributed by atoms with E-state index in [1.54, 1.807) is 12.1 Å². The Morgan fingerprint density at radius 1 is 1.05 bits per heavy atom. The van der Waals surface area contributed by atoms with Gasteiger partial charge in [0, 0.05) is 5.56 Å². The van der Waals surface area contributed by atoms with Crippen molar-refractivity contribution in [3.05, 3.63) is 64.7 Å². The highest BCUT2D eigenvalue weighted by molar-refractivity contribution is 6.05. The van der Waals surface area contributed by atoms with Gasteiger partial charge >= 0.3 is 5.97 Å². The molecule has 4 heteroatoms. The smallest absolute Gasteiger partial charge is 0.311 e. The Hall–Kier alpha value is -2.62. The molecule has 0 unspecified atom stereocenters. The van der Waals surface area contributed by atoms with Gasteiger partial charge in [-0.25, -0.2) is 0 Å². The van der Waals surface area contributed by atoms with Gasteiger partial charge in [0.25, 0.3) is 0 Å². The van der Waals surface area contributed by atoms with Crippen LogP contribution in [0.2, 0.25) is 0 Å². The van der Waals surface area contributed by atoms with Crippen LogP contribution in [0.15, 0.2) is 42.5 Å². The average molecular weight is 298 g/mol. The summed E-state index contributed by atoms with van der Waals surface area (Å²) in [7, 11) is 0. The van der Waals surface area contributed by atoms with E-state index in [0.717, 1.165) is 22.4 Å². The van der Waals surface area contributed by atoms with Crippen LogP contribution in [0.4, 0.5) is 0 Å². The van der Waals surface area contributed by atoms with Crippen LogP contribution >= 0.6 is 0 Å². The Labute approximate surface area is 129 Å². The monoisotopic (exact) mass is 298 g/mol. The molecule has 0 saturated heterocycles. The predicted molar refractivity (Wildman–Crippen MR) is 83.3 cm³/mol.